The predicted molar refractivity (Wildman–Crippen MR) is 65.4 cm³/mol. The van der Waals surface area contributed by atoms with Crippen LogP contribution in [0, 0.1) is 0 Å². The van der Waals surface area contributed by atoms with E-state index in [-0.39, 0.29) is 18.1 Å². The first-order valence-corrected chi connectivity index (χ1v) is 5.72. The highest BCUT2D eigenvalue weighted by molar-refractivity contribution is 5.27. The molecule has 0 aliphatic carbocycles. The van der Waals surface area contributed by atoms with Crippen LogP contribution in [0.5, 0.6) is 0 Å². The maximum absolute atomic E-state index is 9.06. The largest absolute Gasteiger partial charge is 0.396 e. The number of rotatable bonds is 4. The van der Waals surface area contributed by atoms with E-state index in [0.717, 1.165) is 5.69 Å². The normalized spacial score (nSPS) is 14.1. The molecule has 0 spiro atoms. The lowest BCUT2D eigenvalue weighted by Gasteiger charge is -2.22. The van der Waals surface area contributed by atoms with E-state index in [1.165, 1.54) is 5.56 Å². The van der Waals surface area contributed by atoms with Crippen molar-refractivity contribution in [3.05, 3.63) is 17.5 Å². The van der Waals surface area contributed by atoms with E-state index >= 15 is 0 Å². The molecule has 0 amide bonds. The Hall–Kier alpha value is -0.870. The molecule has 1 aromatic heterocycles. The topological polar surface area (TPSA) is 50.1 Å². The van der Waals surface area contributed by atoms with Crippen molar-refractivity contribution in [1.82, 2.24) is 15.1 Å². The number of aryl methyl sites for hydroxylation is 1. The first kappa shape index (κ1) is 13.2. The number of aliphatic hydroxyl groups excluding tert-OH is 1. The second kappa shape index (κ2) is 4.97. The summed E-state index contributed by atoms with van der Waals surface area (Å²) in [7, 11) is 3.85. The molecule has 4 nitrogen and oxygen atoms in total. The Morgan fingerprint density at radius 1 is 1.50 bits per heavy atom. The minimum atomic E-state index is 0.0289. The van der Waals surface area contributed by atoms with Gasteiger partial charge in [0.2, 0.25) is 0 Å². The Kier molecular flexibility index (Phi) is 4.10. The van der Waals surface area contributed by atoms with Crippen molar-refractivity contribution in [1.29, 1.82) is 0 Å². The fourth-order valence-corrected chi connectivity index (χ4v) is 1.93. The molecular weight excluding hydrogens is 202 g/mol. The van der Waals surface area contributed by atoms with Crippen LogP contribution in [0.15, 0.2) is 6.20 Å². The van der Waals surface area contributed by atoms with Gasteiger partial charge in [-0.2, -0.15) is 5.10 Å². The summed E-state index contributed by atoms with van der Waals surface area (Å²) in [5.41, 5.74) is 2.32. The quantitative estimate of drug-likeness (QED) is 0.813. The maximum atomic E-state index is 9.06. The van der Waals surface area contributed by atoms with Gasteiger partial charge in [-0.05, 0) is 13.5 Å². The second-order valence-corrected chi connectivity index (χ2v) is 5.21. The van der Waals surface area contributed by atoms with Crippen LogP contribution in [-0.4, -0.2) is 28.5 Å². The van der Waals surface area contributed by atoms with Crippen molar-refractivity contribution in [2.75, 3.05) is 13.7 Å². The molecule has 0 radical (unpaired) electrons. The highest BCUT2D eigenvalue weighted by Crippen LogP contribution is 2.29. The van der Waals surface area contributed by atoms with Gasteiger partial charge in [-0.25, -0.2) is 0 Å². The summed E-state index contributed by atoms with van der Waals surface area (Å²) in [5.74, 6) is 0. The van der Waals surface area contributed by atoms with Crippen LogP contribution in [0.4, 0.5) is 0 Å². The number of nitrogens with one attached hydrogen (secondary N) is 1. The van der Waals surface area contributed by atoms with Gasteiger partial charge < -0.3 is 10.4 Å². The van der Waals surface area contributed by atoms with Crippen LogP contribution in [0.1, 0.15) is 44.5 Å². The molecule has 1 aromatic rings. The van der Waals surface area contributed by atoms with E-state index < -0.39 is 0 Å². The van der Waals surface area contributed by atoms with Crippen molar-refractivity contribution in [3.63, 3.8) is 0 Å². The molecule has 1 heterocycles. The molecule has 1 rings (SSSR count). The monoisotopic (exact) mass is 225 g/mol. The standard InChI is InChI=1S/C12H23N3O/c1-12(2,3)11-9(8-15(5)14-11)10(13-4)6-7-16/h8,10,13,16H,6-7H2,1-5H3. The molecule has 0 aliphatic heterocycles. The zero-order valence-electron chi connectivity index (χ0n) is 10.9. The number of aliphatic hydroxyl groups is 1. The number of hydrogen-bond acceptors (Lipinski definition) is 3. The van der Waals surface area contributed by atoms with Gasteiger partial charge in [-0.3, -0.25) is 4.68 Å². The first-order valence-electron chi connectivity index (χ1n) is 5.72. The van der Waals surface area contributed by atoms with Crippen molar-refractivity contribution >= 4 is 0 Å². The van der Waals surface area contributed by atoms with Crippen molar-refractivity contribution in [3.8, 4) is 0 Å². The summed E-state index contributed by atoms with van der Waals surface area (Å²) >= 11 is 0. The average Bonchev–Trinajstić information content (AvgIpc) is 2.56. The van der Waals surface area contributed by atoms with E-state index in [4.69, 9.17) is 5.11 Å². The summed E-state index contributed by atoms with van der Waals surface area (Å²) in [6, 6.07) is 0.174. The summed E-state index contributed by atoms with van der Waals surface area (Å²) < 4.78 is 1.84. The van der Waals surface area contributed by atoms with Crippen LogP contribution < -0.4 is 5.32 Å². The lowest BCUT2D eigenvalue weighted by molar-refractivity contribution is 0.268. The third-order valence-corrected chi connectivity index (χ3v) is 2.71. The van der Waals surface area contributed by atoms with Gasteiger partial charge in [-0.1, -0.05) is 20.8 Å². The molecule has 0 saturated carbocycles. The molecular formula is C12H23N3O. The van der Waals surface area contributed by atoms with Crippen molar-refractivity contribution in [2.24, 2.45) is 7.05 Å². The lowest BCUT2D eigenvalue weighted by atomic mass is 9.87. The molecule has 0 aliphatic rings. The zero-order chi connectivity index (χ0) is 12.3. The summed E-state index contributed by atoms with van der Waals surface area (Å²) in [6.07, 6.45) is 2.75. The first-order chi connectivity index (χ1) is 7.40. The molecule has 0 aromatic carbocycles. The Morgan fingerprint density at radius 3 is 2.56 bits per heavy atom. The van der Waals surface area contributed by atoms with E-state index in [2.05, 4.69) is 31.2 Å². The molecule has 1 unspecified atom stereocenters. The molecule has 16 heavy (non-hydrogen) atoms. The van der Waals surface area contributed by atoms with E-state index in [9.17, 15) is 0 Å². The predicted octanol–water partition coefficient (Wildman–Crippen LogP) is 1.36. The fraction of sp³-hybridized carbons (Fsp3) is 0.750. The maximum Gasteiger partial charge on any atom is 0.0725 e. The fourth-order valence-electron chi connectivity index (χ4n) is 1.93. The van der Waals surface area contributed by atoms with E-state index in [0.29, 0.717) is 6.42 Å². The summed E-state index contributed by atoms with van der Waals surface area (Å²) in [6.45, 7) is 6.66. The van der Waals surface area contributed by atoms with Gasteiger partial charge in [0.1, 0.15) is 0 Å². The van der Waals surface area contributed by atoms with Gasteiger partial charge in [0, 0.05) is 36.9 Å². The van der Waals surface area contributed by atoms with Gasteiger partial charge in [0.25, 0.3) is 0 Å². The summed E-state index contributed by atoms with van der Waals surface area (Å²) in [4.78, 5) is 0. The van der Waals surface area contributed by atoms with Crippen LogP contribution in [-0.2, 0) is 12.5 Å². The van der Waals surface area contributed by atoms with E-state index in [1.54, 1.807) is 0 Å². The molecule has 0 bridgehead atoms. The second-order valence-electron chi connectivity index (χ2n) is 5.21. The third kappa shape index (κ3) is 2.83. The average molecular weight is 225 g/mol. The molecule has 2 N–H and O–H groups in total. The Bertz CT molecular complexity index is 339. The lowest BCUT2D eigenvalue weighted by Crippen LogP contribution is -2.22. The molecule has 92 valence electrons. The van der Waals surface area contributed by atoms with Crippen molar-refractivity contribution < 1.29 is 5.11 Å². The smallest absolute Gasteiger partial charge is 0.0725 e. The molecule has 0 saturated heterocycles. The molecule has 4 heteroatoms. The minimum absolute atomic E-state index is 0.0289. The number of aromatic nitrogens is 2. The van der Waals surface area contributed by atoms with Crippen molar-refractivity contribution in [2.45, 2.75) is 38.6 Å². The molecule has 1 atom stereocenters. The van der Waals surface area contributed by atoms with Crippen LogP contribution in [0.3, 0.4) is 0 Å². The zero-order valence-corrected chi connectivity index (χ0v) is 10.9. The number of nitrogens with zero attached hydrogens (tertiary/aromatic N) is 2. The SMILES string of the molecule is CNC(CCO)c1cn(C)nc1C(C)(C)C. The van der Waals surface area contributed by atoms with Crippen LogP contribution in [0.2, 0.25) is 0 Å². The third-order valence-electron chi connectivity index (χ3n) is 2.71. The van der Waals surface area contributed by atoms with E-state index in [1.807, 2.05) is 25.0 Å². The summed E-state index contributed by atoms with van der Waals surface area (Å²) in [5, 5.41) is 16.8. The van der Waals surface area contributed by atoms with Crippen LogP contribution in [0.25, 0.3) is 0 Å². The van der Waals surface area contributed by atoms with Gasteiger partial charge >= 0.3 is 0 Å². The highest BCUT2D eigenvalue weighted by Gasteiger charge is 2.25. The number of hydrogen-bond donors (Lipinski definition) is 2. The Balaban J connectivity index is 3.11. The van der Waals surface area contributed by atoms with Crippen LogP contribution >= 0.6 is 0 Å². The Morgan fingerprint density at radius 2 is 2.12 bits per heavy atom. The Labute approximate surface area is 97.7 Å². The minimum Gasteiger partial charge on any atom is -0.396 e. The van der Waals surface area contributed by atoms with Gasteiger partial charge in [-0.15, -0.1) is 0 Å². The van der Waals surface area contributed by atoms with Gasteiger partial charge in [0.05, 0.1) is 5.69 Å². The molecule has 0 fully saturated rings. The van der Waals surface area contributed by atoms with Gasteiger partial charge in [0.15, 0.2) is 0 Å². The highest BCUT2D eigenvalue weighted by atomic mass is 16.3.